The van der Waals surface area contributed by atoms with Gasteiger partial charge in [0.15, 0.2) is 0 Å². The molecule has 0 saturated carbocycles. The van der Waals surface area contributed by atoms with Crippen molar-refractivity contribution >= 4 is 5.91 Å². The van der Waals surface area contributed by atoms with Crippen LogP contribution in [0.2, 0.25) is 0 Å². The van der Waals surface area contributed by atoms with Gasteiger partial charge >= 0.3 is 0 Å². The van der Waals surface area contributed by atoms with E-state index in [0.29, 0.717) is 47.5 Å². The quantitative estimate of drug-likeness (QED) is 0.633. The van der Waals surface area contributed by atoms with Crippen LogP contribution in [0.25, 0.3) is 11.5 Å². The summed E-state index contributed by atoms with van der Waals surface area (Å²) >= 11 is 0. The van der Waals surface area contributed by atoms with Crippen LogP contribution in [0.15, 0.2) is 46.9 Å². The standard InChI is InChI=1S/C22H22FN3O4/c1-28-18-11-16(12-19(13-18)29-2)22(27)26-9-7-15(8-10-26)21-25-24-20(30-21)14-3-5-17(23)6-4-14/h3-6,11-13,15H,7-10H2,1-2H3. The predicted molar refractivity (Wildman–Crippen MR) is 107 cm³/mol. The number of carbonyl (C=O) groups is 1. The van der Waals surface area contributed by atoms with Crippen molar-refractivity contribution in [2.45, 2.75) is 18.8 Å². The maximum Gasteiger partial charge on any atom is 0.254 e. The molecule has 2 aromatic carbocycles. The maximum absolute atomic E-state index is 13.1. The topological polar surface area (TPSA) is 77.7 Å². The Kier molecular flexibility index (Phi) is 5.65. The number of aromatic nitrogens is 2. The number of rotatable bonds is 5. The monoisotopic (exact) mass is 411 g/mol. The normalized spacial score (nSPS) is 14.6. The highest BCUT2D eigenvalue weighted by atomic mass is 19.1. The van der Waals surface area contributed by atoms with E-state index < -0.39 is 0 Å². The molecule has 2 heterocycles. The van der Waals surface area contributed by atoms with Crippen LogP contribution in [0.4, 0.5) is 4.39 Å². The van der Waals surface area contributed by atoms with E-state index in [0.717, 1.165) is 12.8 Å². The first-order valence-electron chi connectivity index (χ1n) is 9.69. The summed E-state index contributed by atoms with van der Waals surface area (Å²) in [5, 5.41) is 8.25. The summed E-state index contributed by atoms with van der Waals surface area (Å²) in [4.78, 5) is 14.7. The van der Waals surface area contributed by atoms with Crippen molar-refractivity contribution in [1.29, 1.82) is 0 Å². The van der Waals surface area contributed by atoms with Gasteiger partial charge in [0, 0.05) is 36.2 Å². The average molecular weight is 411 g/mol. The van der Waals surface area contributed by atoms with Crippen LogP contribution < -0.4 is 9.47 Å². The van der Waals surface area contributed by atoms with Crippen LogP contribution in [-0.4, -0.2) is 48.3 Å². The van der Waals surface area contributed by atoms with E-state index in [2.05, 4.69) is 10.2 Å². The second-order valence-electron chi connectivity index (χ2n) is 7.12. The molecule has 4 rings (SSSR count). The third kappa shape index (κ3) is 4.12. The van der Waals surface area contributed by atoms with Crippen LogP contribution in [0, 0.1) is 5.82 Å². The van der Waals surface area contributed by atoms with Crippen molar-refractivity contribution in [2.75, 3.05) is 27.3 Å². The highest BCUT2D eigenvalue weighted by Crippen LogP contribution is 2.31. The van der Waals surface area contributed by atoms with Crippen molar-refractivity contribution in [3.63, 3.8) is 0 Å². The lowest BCUT2D eigenvalue weighted by atomic mass is 9.96. The molecule has 1 aliphatic heterocycles. The largest absolute Gasteiger partial charge is 0.497 e. The van der Waals surface area contributed by atoms with Gasteiger partial charge in [0.2, 0.25) is 11.8 Å². The number of carbonyl (C=O) groups excluding carboxylic acids is 1. The molecule has 0 unspecified atom stereocenters. The molecule has 1 fully saturated rings. The minimum atomic E-state index is -0.316. The summed E-state index contributed by atoms with van der Waals surface area (Å²) in [6, 6.07) is 11.1. The Balaban J connectivity index is 1.42. The van der Waals surface area contributed by atoms with E-state index >= 15 is 0 Å². The van der Waals surface area contributed by atoms with Crippen LogP contribution in [0.1, 0.15) is 35.0 Å². The first kappa shape index (κ1) is 19.9. The number of piperidine rings is 1. The Morgan fingerprint density at radius 3 is 2.27 bits per heavy atom. The van der Waals surface area contributed by atoms with Gasteiger partial charge in [-0.15, -0.1) is 10.2 Å². The third-order valence-electron chi connectivity index (χ3n) is 5.26. The zero-order valence-electron chi connectivity index (χ0n) is 16.8. The van der Waals surface area contributed by atoms with Crippen molar-refractivity contribution in [3.8, 4) is 23.0 Å². The molecule has 1 saturated heterocycles. The van der Waals surface area contributed by atoms with E-state index in [1.807, 2.05) is 4.90 Å². The lowest BCUT2D eigenvalue weighted by Gasteiger charge is -2.30. The highest BCUT2D eigenvalue weighted by molar-refractivity contribution is 5.95. The molecular weight excluding hydrogens is 389 g/mol. The van der Waals surface area contributed by atoms with Crippen LogP contribution in [0.3, 0.4) is 0 Å². The predicted octanol–water partition coefficient (Wildman–Crippen LogP) is 3.91. The second-order valence-corrected chi connectivity index (χ2v) is 7.12. The van der Waals surface area contributed by atoms with E-state index in [-0.39, 0.29) is 17.6 Å². The van der Waals surface area contributed by atoms with Gasteiger partial charge in [0.25, 0.3) is 5.91 Å². The molecule has 0 radical (unpaired) electrons. The molecule has 30 heavy (non-hydrogen) atoms. The number of nitrogens with zero attached hydrogens (tertiary/aromatic N) is 3. The SMILES string of the molecule is COc1cc(OC)cc(C(=O)N2CCC(c3nnc(-c4ccc(F)cc4)o3)CC2)c1. The first-order valence-corrected chi connectivity index (χ1v) is 9.69. The average Bonchev–Trinajstić information content (AvgIpc) is 3.29. The molecule has 1 amide bonds. The van der Waals surface area contributed by atoms with Gasteiger partial charge in [-0.1, -0.05) is 0 Å². The lowest BCUT2D eigenvalue weighted by Crippen LogP contribution is -2.38. The van der Waals surface area contributed by atoms with Gasteiger partial charge < -0.3 is 18.8 Å². The van der Waals surface area contributed by atoms with Crippen molar-refractivity contribution in [2.24, 2.45) is 0 Å². The fourth-order valence-corrected chi connectivity index (χ4v) is 3.55. The molecule has 0 atom stereocenters. The van der Waals surface area contributed by atoms with Gasteiger partial charge in [0.1, 0.15) is 17.3 Å². The van der Waals surface area contributed by atoms with E-state index in [9.17, 15) is 9.18 Å². The fourth-order valence-electron chi connectivity index (χ4n) is 3.55. The minimum Gasteiger partial charge on any atom is -0.497 e. The van der Waals surface area contributed by atoms with Crippen LogP contribution in [0.5, 0.6) is 11.5 Å². The summed E-state index contributed by atoms with van der Waals surface area (Å²) in [5.74, 6) is 1.76. The van der Waals surface area contributed by atoms with E-state index in [1.54, 1.807) is 44.6 Å². The smallest absolute Gasteiger partial charge is 0.254 e. The Morgan fingerprint density at radius 2 is 1.67 bits per heavy atom. The number of amides is 1. The molecule has 8 heteroatoms. The molecule has 156 valence electrons. The molecule has 0 N–H and O–H groups in total. The van der Waals surface area contributed by atoms with E-state index in [4.69, 9.17) is 13.9 Å². The third-order valence-corrected chi connectivity index (χ3v) is 5.26. The van der Waals surface area contributed by atoms with Crippen LogP contribution in [-0.2, 0) is 0 Å². The molecule has 0 bridgehead atoms. The minimum absolute atomic E-state index is 0.0665. The van der Waals surface area contributed by atoms with Gasteiger partial charge in [-0.05, 0) is 49.2 Å². The summed E-state index contributed by atoms with van der Waals surface area (Å²) in [6.45, 7) is 1.16. The number of hydrogen-bond acceptors (Lipinski definition) is 6. The van der Waals surface area contributed by atoms with Crippen molar-refractivity contribution < 1.29 is 23.1 Å². The summed E-state index contributed by atoms with van der Waals surface area (Å²) in [7, 11) is 3.11. The number of ether oxygens (including phenoxy) is 2. The number of benzene rings is 2. The molecule has 1 aliphatic rings. The molecule has 7 nitrogen and oxygen atoms in total. The van der Waals surface area contributed by atoms with E-state index in [1.165, 1.54) is 12.1 Å². The number of methoxy groups -OCH3 is 2. The van der Waals surface area contributed by atoms with Gasteiger partial charge in [-0.25, -0.2) is 4.39 Å². The van der Waals surface area contributed by atoms with Gasteiger partial charge in [0.05, 0.1) is 14.2 Å². The molecule has 1 aromatic heterocycles. The van der Waals surface area contributed by atoms with Crippen molar-refractivity contribution in [1.82, 2.24) is 15.1 Å². The molecule has 3 aromatic rings. The van der Waals surface area contributed by atoms with Gasteiger partial charge in [-0.2, -0.15) is 0 Å². The second kappa shape index (κ2) is 8.52. The summed E-state index contributed by atoms with van der Waals surface area (Å²) < 4.78 is 29.4. The number of likely N-dealkylation sites (tertiary alicyclic amines) is 1. The Morgan fingerprint density at radius 1 is 1.03 bits per heavy atom. The molecule has 0 spiro atoms. The Hall–Kier alpha value is -3.42. The Labute approximate surface area is 173 Å². The molecule has 0 aliphatic carbocycles. The van der Waals surface area contributed by atoms with Crippen LogP contribution >= 0.6 is 0 Å². The maximum atomic E-state index is 13.1. The Bertz CT molecular complexity index is 1000. The van der Waals surface area contributed by atoms with Crippen molar-refractivity contribution in [3.05, 3.63) is 59.7 Å². The summed E-state index contributed by atoms with van der Waals surface area (Å²) in [6.07, 6.45) is 1.44. The number of hydrogen-bond donors (Lipinski definition) is 0. The molecular formula is C22H22FN3O4. The lowest BCUT2D eigenvalue weighted by molar-refractivity contribution is 0.0705. The zero-order chi connectivity index (χ0) is 21.1. The van der Waals surface area contributed by atoms with Gasteiger partial charge in [-0.3, -0.25) is 4.79 Å². The number of halogens is 1. The fraction of sp³-hybridized carbons (Fsp3) is 0.318. The first-order chi connectivity index (χ1) is 14.6. The highest BCUT2D eigenvalue weighted by Gasteiger charge is 2.28. The zero-order valence-corrected chi connectivity index (χ0v) is 16.8. The summed E-state index contributed by atoms with van der Waals surface area (Å²) in [5.41, 5.74) is 1.20.